The highest BCUT2D eigenvalue weighted by Gasteiger charge is 2.16. The fraction of sp³-hybridized carbons (Fsp3) is 0.231. The molecule has 1 aromatic carbocycles. The van der Waals surface area contributed by atoms with Crippen LogP contribution in [0.15, 0.2) is 36.7 Å². The monoisotopic (exact) mass is 232 g/mol. The van der Waals surface area contributed by atoms with E-state index in [1.54, 1.807) is 48.3 Å². The van der Waals surface area contributed by atoms with Gasteiger partial charge in [0.15, 0.2) is 12.0 Å². The van der Waals surface area contributed by atoms with Gasteiger partial charge in [-0.2, -0.15) is 0 Å². The molecule has 0 N–H and O–H groups in total. The molecule has 0 spiro atoms. The number of imidazole rings is 1. The normalized spacial score (nSPS) is 12.4. The molecule has 0 aliphatic heterocycles. The third kappa shape index (κ3) is 2.25. The fourth-order valence-corrected chi connectivity index (χ4v) is 1.66. The minimum absolute atomic E-state index is 0.0241. The zero-order valence-electron chi connectivity index (χ0n) is 9.72. The number of alkyl halides is 1. The van der Waals surface area contributed by atoms with E-state index < -0.39 is 6.17 Å². The third-order valence-electron chi connectivity index (χ3n) is 2.70. The largest absolute Gasteiger partial charge is 0.335 e. The number of aromatic nitrogens is 2. The minimum Gasteiger partial charge on any atom is -0.335 e. The molecule has 1 heterocycles. The molecule has 0 saturated carbocycles. The van der Waals surface area contributed by atoms with Gasteiger partial charge in [0, 0.05) is 25.0 Å². The Morgan fingerprint density at radius 3 is 2.47 bits per heavy atom. The van der Waals surface area contributed by atoms with Gasteiger partial charge >= 0.3 is 0 Å². The Hall–Kier alpha value is -1.97. The molecule has 0 amide bonds. The Morgan fingerprint density at radius 2 is 2.00 bits per heavy atom. The van der Waals surface area contributed by atoms with Crippen LogP contribution in [0.2, 0.25) is 0 Å². The lowest BCUT2D eigenvalue weighted by Gasteiger charge is -2.08. The summed E-state index contributed by atoms with van der Waals surface area (Å²) in [4.78, 5) is 15.1. The first-order valence-corrected chi connectivity index (χ1v) is 5.32. The van der Waals surface area contributed by atoms with Gasteiger partial charge in [0.25, 0.3) is 0 Å². The van der Waals surface area contributed by atoms with Crippen LogP contribution < -0.4 is 0 Å². The molecule has 1 unspecified atom stereocenters. The van der Waals surface area contributed by atoms with Crippen LogP contribution in [0.4, 0.5) is 4.39 Å². The molecule has 2 rings (SSSR count). The van der Waals surface area contributed by atoms with Crippen LogP contribution in [0.3, 0.4) is 0 Å². The highest BCUT2D eigenvalue weighted by Crippen LogP contribution is 2.24. The van der Waals surface area contributed by atoms with E-state index in [-0.39, 0.29) is 5.78 Å². The standard InChI is InChI=1S/C13H13FN2O/c1-9(17)10-3-5-11(6-4-10)12(14)13-15-7-8-16(13)2/h3-8,12H,1-2H3. The molecule has 3 nitrogen and oxygen atoms in total. The number of ketones is 1. The summed E-state index contributed by atoms with van der Waals surface area (Å²) in [6, 6.07) is 6.51. The van der Waals surface area contributed by atoms with Gasteiger partial charge in [0.2, 0.25) is 0 Å². The summed E-state index contributed by atoms with van der Waals surface area (Å²) in [6.45, 7) is 1.49. The summed E-state index contributed by atoms with van der Waals surface area (Å²) in [5.41, 5.74) is 1.09. The van der Waals surface area contributed by atoms with Crippen molar-refractivity contribution in [2.45, 2.75) is 13.1 Å². The van der Waals surface area contributed by atoms with Crippen LogP contribution in [0, 0.1) is 0 Å². The Balaban J connectivity index is 2.29. The average molecular weight is 232 g/mol. The van der Waals surface area contributed by atoms with E-state index in [1.165, 1.54) is 6.92 Å². The van der Waals surface area contributed by atoms with Crippen LogP contribution in [0.1, 0.15) is 34.8 Å². The van der Waals surface area contributed by atoms with E-state index in [0.29, 0.717) is 17.0 Å². The van der Waals surface area contributed by atoms with Crippen molar-refractivity contribution < 1.29 is 9.18 Å². The quantitative estimate of drug-likeness (QED) is 0.762. The Labute approximate surface area is 98.9 Å². The van der Waals surface area contributed by atoms with E-state index in [4.69, 9.17) is 0 Å². The van der Waals surface area contributed by atoms with Gasteiger partial charge in [0.05, 0.1) is 0 Å². The predicted octanol–water partition coefficient (Wildman–Crippen LogP) is 2.68. The van der Waals surface area contributed by atoms with Crippen LogP contribution >= 0.6 is 0 Å². The first-order valence-electron chi connectivity index (χ1n) is 5.32. The number of nitrogens with zero attached hydrogens (tertiary/aromatic N) is 2. The van der Waals surface area contributed by atoms with Gasteiger partial charge in [-0.05, 0) is 12.5 Å². The van der Waals surface area contributed by atoms with Crippen LogP contribution in [-0.4, -0.2) is 15.3 Å². The summed E-state index contributed by atoms with van der Waals surface area (Å²) in [6.07, 6.45) is 1.99. The van der Waals surface area contributed by atoms with E-state index in [2.05, 4.69) is 4.98 Å². The van der Waals surface area contributed by atoms with Crippen molar-refractivity contribution in [3.05, 3.63) is 53.6 Å². The molecule has 0 bridgehead atoms. The number of carbonyl (C=O) groups excluding carboxylic acids is 1. The zero-order chi connectivity index (χ0) is 12.4. The second kappa shape index (κ2) is 4.49. The average Bonchev–Trinajstić information content (AvgIpc) is 2.74. The lowest BCUT2D eigenvalue weighted by molar-refractivity contribution is 0.101. The molecule has 4 heteroatoms. The number of aryl methyl sites for hydroxylation is 1. The Bertz CT molecular complexity index is 531. The molecule has 0 aliphatic rings. The number of halogens is 1. The minimum atomic E-state index is -1.27. The second-order valence-electron chi connectivity index (χ2n) is 3.94. The van der Waals surface area contributed by atoms with E-state index >= 15 is 0 Å². The van der Waals surface area contributed by atoms with Crippen molar-refractivity contribution in [3.8, 4) is 0 Å². The Morgan fingerprint density at radius 1 is 1.35 bits per heavy atom. The molecule has 2 aromatic rings. The number of carbonyl (C=O) groups is 1. The zero-order valence-corrected chi connectivity index (χ0v) is 9.72. The van der Waals surface area contributed by atoms with Gasteiger partial charge in [-0.1, -0.05) is 24.3 Å². The van der Waals surface area contributed by atoms with Crippen molar-refractivity contribution in [1.82, 2.24) is 9.55 Å². The van der Waals surface area contributed by atoms with Gasteiger partial charge < -0.3 is 4.57 Å². The van der Waals surface area contributed by atoms with E-state index in [1.807, 2.05) is 0 Å². The van der Waals surface area contributed by atoms with Gasteiger partial charge in [-0.15, -0.1) is 0 Å². The summed E-state index contributed by atoms with van der Waals surface area (Å²) in [5.74, 6) is 0.338. The number of benzene rings is 1. The topological polar surface area (TPSA) is 34.9 Å². The van der Waals surface area contributed by atoms with Crippen LogP contribution in [0.25, 0.3) is 0 Å². The van der Waals surface area contributed by atoms with Crippen molar-refractivity contribution >= 4 is 5.78 Å². The summed E-state index contributed by atoms with van der Waals surface area (Å²) in [5, 5.41) is 0. The first kappa shape index (κ1) is 11.5. The van der Waals surface area contributed by atoms with Crippen molar-refractivity contribution in [1.29, 1.82) is 0 Å². The molecule has 0 radical (unpaired) electrons. The van der Waals surface area contributed by atoms with Crippen LogP contribution in [-0.2, 0) is 7.05 Å². The maximum absolute atomic E-state index is 14.1. The van der Waals surface area contributed by atoms with Crippen molar-refractivity contribution in [2.24, 2.45) is 7.05 Å². The number of Topliss-reactive ketones (excluding diaryl/α,β-unsaturated/α-hetero) is 1. The summed E-state index contributed by atoms with van der Waals surface area (Å²) >= 11 is 0. The van der Waals surface area contributed by atoms with Gasteiger partial charge in [0.1, 0.15) is 5.82 Å². The molecule has 0 aliphatic carbocycles. The lowest BCUT2D eigenvalue weighted by atomic mass is 10.1. The van der Waals surface area contributed by atoms with E-state index in [9.17, 15) is 9.18 Å². The first-order chi connectivity index (χ1) is 8.09. The molecule has 1 atom stereocenters. The highest BCUT2D eigenvalue weighted by molar-refractivity contribution is 5.94. The summed E-state index contributed by atoms with van der Waals surface area (Å²) < 4.78 is 15.8. The highest BCUT2D eigenvalue weighted by atomic mass is 19.1. The molecular weight excluding hydrogens is 219 g/mol. The molecule has 1 aromatic heterocycles. The maximum atomic E-state index is 14.1. The predicted molar refractivity (Wildman–Crippen MR) is 62.6 cm³/mol. The number of hydrogen-bond donors (Lipinski definition) is 0. The number of rotatable bonds is 3. The molecule has 0 saturated heterocycles. The fourth-order valence-electron chi connectivity index (χ4n) is 1.66. The van der Waals surface area contributed by atoms with Gasteiger partial charge in [-0.3, -0.25) is 4.79 Å². The Kier molecular flexibility index (Phi) is 3.04. The second-order valence-corrected chi connectivity index (χ2v) is 3.94. The van der Waals surface area contributed by atoms with Gasteiger partial charge in [-0.25, -0.2) is 9.37 Å². The smallest absolute Gasteiger partial charge is 0.183 e. The molecule has 17 heavy (non-hydrogen) atoms. The molecule has 88 valence electrons. The maximum Gasteiger partial charge on any atom is 0.183 e. The van der Waals surface area contributed by atoms with Crippen molar-refractivity contribution in [3.63, 3.8) is 0 Å². The third-order valence-corrected chi connectivity index (χ3v) is 2.70. The van der Waals surface area contributed by atoms with Crippen molar-refractivity contribution in [2.75, 3.05) is 0 Å². The molecular formula is C13H13FN2O. The van der Waals surface area contributed by atoms with Crippen LogP contribution in [0.5, 0.6) is 0 Å². The van der Waals surface area contributed by atoms with E-state index in [0.717, 1.165) is 0 Å². The lowest BCUT2D eigenvalue weighted by Crippen LogP contribution is -2.03. The molecule has 0 fully saturated rings. The number of hydrogen-bond acceptors (Lipinski definition) is 2. The SMILES string of the molecule is CC(=O)c1ccc(C(F)c2nccn2C)cc1. The summed E-state index contributed by atoms with van der Waals surface area (Å²) in [7, 11) is 1.75.